The third-order valence-electron chi connectivity index (χ3n) is 3.20. The van der Waals surface area contributed by atoms with E-state index in [2.05, 4.69) is 5.32 Å². The van der Waals surface area contributed by atoms with Crippen molar-refractivity contribution >= 4 is 11.6 Å². The number of rotatable bonds is 4. The highest BCUT2D eigenvalue weighted by atomic mass is 16.1. The molecule has 16 heavy (non-hydrogen) atoms. The Kier molecular flexibility index (Phi) is 3.25. The number of amides is 1. The summed E-state index contributed by atoms with van der Waals surface area (Å²) in [6.07, 6.45) is 2.39. The van der Waals surface area contributed by atoms with Gasteiger partial charge in [-0.1, -0.05) is 19.1 Å². The molecule has 0 spiro atoms. The Morgan fingerprint density at radius 1 is 1.44 bits per heavy atom. The van der Waals surface area contributed by atoms with E-state index in [1.807, 2.05) is 31.2 Å². The zero-order chi connectivity index (χ0) is 11.5. The molecular weight excluding hydrogens is 200 g/mol. The van der Waals surface area contributed by atoms with E-state index < -0.39 is 0 Å². The van der Waals surface area contributed by atoms with E-state index in [-0.39, 0.29) is 11.8 Å². The summed E-state index contributed by atoms with van der Waals surface area (Å²) < 4.78 is 0. The molecule has 1 aliphatic carbocycles. The van der Waals surface area contributed by atoms with Crippen LogP contribution in [0.15, 0.2) is 24.3 Å². The number of carbonyl (C=O) groups excluding carboxylic acids is 1. The second kappa shape index (κ2) is 4.66. The van der Waals surface area contributed by atoms with E-state index in [1.165, 1.54) is 12.8 Å². The molecule has 1 saturated carbocycles. The highest BCUT2D eigenvalue weighted by Gasteiger charge is 2.32. The van der Waals surface area contributed by atoms with Gasteiger partial charge in [-0.15, -0.1) is 0 Å². The maximum absolute atomic E-state index is 11.8. The number of hydrogen-bond acceptors (Lipinski definition) is 2. The molecule has 3 N–H and O–H groups in total. The summed E-state index contributed by atoms with van der Waals surface area (Å²) in [5.74, 6) is 0.862. The highest BCUT2D eigenvalue weighted by molar-refractivity contribution is 5.92. The molecular formula is C13H18N2O. The number of nitrogens with two attached hydrogens (primary N) is 1. The van der Waals surface area contributed by atoms with Crippen LogP contribution in [0.2, 0.25) is 0 Å². The van der Waals surface area contributed by atoms with Gasteiger partial charge in [0, 0.05) is 18.2 Å². The molecule has 1 aromatic rings. The van der Waals surface area contributed by atoms with Gasteiger partial charge in [0.05, 0.1) is 0 Å². The topological polar surface area (TPSA) is 55.1 Å². The monoisotopic (exact) mass is 218 g/mol. The van der Waals surface area contributed by atoms with Crippen molar-refractivity contribution in [3.63, 3.8) is 0 Å². The lowest BCUT2D eigenvalue weighted by atomic mass is 10.1. The predicted octanol–water partition coefficient (Wildman–Crippen LogP) is 2.13. The number of anilines is 1. The summed E-state index contributed by atoms with van der Waals surface area (Å²) in [7, 11) is 0. The molecule has 0 saturated heterocycles. The quantitative estimate of drug-likeness (QED) is 0.813. The second-order valence-electron chi connectivity index (χ2n) is 4.52. The van der Waals surface area contributed by atoms with Gasteiger partial charge in [0.15, 0.2) is 0 Å². The Morgan fingerprint density at radius 3 is 2.56 bits per heavy atom. The lowest BCUT2D eigenvalue weighted by molar-refractivity contribution is -0.119. The minimum atomic E-state index is 0.128. The summed E-state index contributed by atoms with van der Waals surface area (Å²) in [6, 6.07) is 7.69. The molecule has 1 aliphatic rings. The fourth-order valence-corrected chi connectivity index (χ4v) is 1.79. The van der Waals surface area contributed by atoms with Crippen molar-refractivity contribution in [3.05, 3.63) is 29.8 Å². The van der Waals surface area contributed by atoms with Crippen LogP contribution in [0.25, 0.3) is 0 Å². The van der Waals surface area contributed by atoms with Gasteiger partial charge in [-0.3, -0.25) is 4.79 Å². The first-order valence-electron chi connectivity index (χ1n) is 5.80. The van der Waals surface area contributed by atoms with Crippen molar-refractivity contribution in [2.45, 2.75) is 26.3 Å². The normalized spacial score (nSPS) is 16.9. The predicted molar refractivity (Wildman–Crippen MR) is 64.9 cm³/mol. The number of carbonyl (C=O) groups is 1. The number of hydrogen-bond donors (Lipinski definition) is 2. The minimum Gasteiger partial charge on any atom is -0.326 e. The largest absolute Gasteiger partial charge is 0.326 e. The SMILES string of the molecule is CC(C(=O)Nc1ccc(CN)cc1)C1CC1. The Balaban J connectivity index is 1.94. The van der Waals surface area contributed by atoms with Crippen LogP contribution in [0.5, 0.6) is 0 Å². The summed E-state index contributed by atoms with van der Waals surface area (Å²) in [5, 5.41) is 2.93. The van der Waals surface area contributed by atoms with Gasteiger partial charge in [-0.05, 0) is 36.5 Å². The van der Waals surface area contributed by atoms with Crippen molar-refractivity contribution in [2.24, 2.45) is 17.6 Å². The van der Waals surface area contributed by atoms with Crippen LogP contribution in [0.1, 0.15) is 25.3 Å². The zero-order valence-corrected chi connectivity index (χ0v) is 9.57. The lowest BCUT2D eigenvalue weighted by Crippen LogP contribution is -2.21. The van der Waals surface area contributed by atoms with Crippen LogP contribution in [0.3, 0.4) is 0 Å². The first-order chi connectivity index (χ1) is 7.70. The van der Waals surface area contributed by atoms with Crippen LogP contribution < -0.4 is 11.1 Å². The molecule has 86 valence electrons. The van der Waals surface area contributed by atoms with Crippen LogP contribution in [-0.4, -0.2) is 5.91 Å². The maximum Gasteiger partial charge on any atom is 0.227 e. The molecule has 1 unspecified atom stereocenters. The highest BCUT2D eigenvalue weighted by Crippen LogP contribution is 2.36. The van der Waals surface area contributed by atoms with Gasteiger partial charge >= 0.3 is 0 Å². The molecule has 1 amide bonds. The first-order valence-corrected chi connectivity index (χ1v) is 5.80. The molecule has 0 bridgehead atoms. The second-order valence-corrected chi connectivity index (χ2v) is 4.52. The average Bonchev–Trinajstić information content (AvgIpc) is 3.13. The Labute approximate surface area is 96.0 Å². The standard InChI is InChI=1S/C13H18N2O/c1-9(11-4-5-11)13(16)15-12-6-2-10(8-14)3-7-12/h2-3,6-7,9,11H,4-5,8,14H2,1H3,(H,15,16). The molecule has 1 atom stereocenters. The molecule has 0 radical (unpaired) electrons. The van der Waals surface area contributed by atoms with E-state index in [4.69, 9.17) is 5.73 Å². The molecule has 1 fully saturated rings. The lowest BCUT2D eigenvalue weighted by Gasteiger charge is -2.11. The van der Waals surface area contributed by atoms with E-state index in [1.54, 1.807) is 0 Å². The minimum absolute atomic E-state index is 0.128. The fourth-order valence-electron chi connectivity index (χ4n) is 1.79. The van der Waals surface area contributed by atoms with Crippen molar-refractivity contribution in [1.29, 1.82) is 0 Å². The smallest absolute Gasteiger partial charge is 0.227 e. The first kappa shape index (κ1) is 11.1. The number of nitrogens with one attached hydrogen (secondary N) is 1. The van der Waals surface area contributed by atoms with Gasteiger partial charge in [-0.25, -0.2) is 0 Å². The van der Waals surface area contributed by atoms with Crippen LogP contribution in [0, 0.1) is 11.8 Å². The molecule has 2 rings (SSSR count). The molecule has 1 aromatic carbocycles. The molecule has 0 aromatic heterocycles. The summed E-state index contributed by atoms with van der Waals surface area (Å²) in [4.78, 5) is 11.8. The fraction of sp³-hybridized carbons (Fsp3) is 0.462. The van der Waals surface area contributed by atoms with Crippen LogP contribution >= 0.6 is 0 Å². The van der Waals surface area contributed by atoms with Gasteiger partial charge in [0.1, 0.15) is 0 Å². The van der Waals surface area contributed by atoms with Crippen molar-refractivity contribution in [3.8, 4) is 0 Å². The van der Waals surface area contributed by atoms with Crippen molar-refractivity contribution in [2.75, 3.05) is 5.32 Å². The number of benzene rings is 1. The van der Waals surface area contributed by atoms with Crippen LogP contribution in [0.4, 0.5) is 5.69 Å². The molecule has 3 heteroatoms. The third kappa shape index (κ3) is 2.61. The third-order valence-corrected chi connectivity index (χ3v) is 3.20. The Bertz CT molecular complexity index is 368. The average molecular weight is 218 g/mol. The van der Waals surface area contributed by atoms with E-state index in [0.29, 0.717) is 12.5 Å². The summed E-state index contributed by atoms with van der Waals surface area (Å²) in [5.41, 5.74) is 7.44. The summed E-state index contributed by atoms with van der Waals surface area (Å²) in [6.45, 7) is 2.54. The van der Waals surface area contributed by atoms with Crippen molar-refractivity contribution < 1.29 is 4.79 Å². The Hall–Kier alpha value is -1.35. The maximum atomic E-state index is 11.8. The van der Waals surface area contributed by atoms with E-state index in [0.717, 1.165) is 11.3 Å². The summed E-state index contributed by atoms with van der Waals surface area (Å²) >= 11 is 0. The van der Waals surface area contributed by atoms with Crippen molar-refractivity contribution in [1.82, 2.24) is 0 Å². The zero-order valence-electron chi connectivity index (χ0n) is 9.57. The van der Waals surface area contributed by atoms with E-state index in [9.17, 15) is 4.79 Å². The van der Waals surface area contributed by atoms with Gasteiger partial charge < -0.3 is 11.1 Å². The van der Waals surface area contributed by atoms with Gasteiger partial charge in [0.2, 0.25) is 5.91 Å². The van der Waals surface area contributed by atoms with Gasteiger partial charge in [-0.2, -0.15) is 0 Å². The van der Waals surface area contributed by atoms with Gasteiger partial charge in [0.25, 0.3) is 0 Å². The molecule has 3 nitrogen and oxygen atoms in total. The molecule has 0 aliphatic heterocycles. The molecule has 0 heterocycles. The van der Waals surface area contributed by atoms with E-state index >= 15 is 0 Å². The Morgan fingerprint density at radius 2 is 2.06 bits per heavy atom. The van der Waals surface area contributed by atoms with Crippen LogP contribution in [-0.2, 0) is 11.3 Å².